The van der Waals surface area contributed by atoms with Gasteiger partial charge in [-0.3, -0.25) is 16.0 Å². The smallest absolute Gasteiger partial charge is 0.138 e. The largest absolute Gasteiger partial charge is 0.456 e. The molecule has 4 heteroatoms. The molecule has 0 radical (unpaired) electrons. The van der Waals surface area contributed by atoms with Gasteiger partial charge >= 0.3 is 0 Å². The Hall–Kier alpha value is -4.22. The third kappa shape index (κ3) is 7.14. The molecule has 4 bridgehead atoms. The summed E-state index contributed by atoms with van der Waals surface area (Å²) in [5, 5.41) is 12.7. The molecule has 1 fully saturated rings. The Balaban J connectivity index is 1.17. The summed E-state index contributed by atoms with van der Waals surface area (Å²) in [6.07, 6.45) is 55.6. The van der Waals surface area contributed by atoms with Crippen LogP contribution >= 0.6 is 0 Å². The zero-order valence-corrected chi connectivity index (χ0v) is 33.1. The van der Waals surface area contributed by atoms with E-state index in [1.165, 1.54) is 58.3 Å². The van der Waals surface area contributed by atoms with E-state index >= 15 is 0 Å². The molecular weight excluding hydrogens is 683 g/mol. The summed E-state index contributed by atoms with van der Waals surface area (Å²) in [5.41, 5.74) is 9.39. The topological polar surface area (TPSA) is 45.3 Å². The maximum absolute atomic E-state index is 7.49. The molecule has 0 amide bonds. The number of ether oxygens (including phenoxy) is 1. The van der Waals surface area contributed by atoms with Gasteiger partial charge in [0.05, 0.1) is 18.5 Å². The first-order valence-electron chi connectivity index (χ1n) is 22.0. The maximum Gasteiger partial charge on any atom is 0.138 e. The summed E-state index contributed by atoms with van der Waals surface area (Å²) < 4.78 is 7.49. The van der Waals surface area contributed by atoms with Gasteiger partial charge in [0.15, 0.2) is 0 Å². The normalized spacial score (nSPS) is 36.0. The molecule has 1 aromatic rings. The van der Waals surface area contributed by atoms with Crippen molar-refractivity contribution in [1.82, 2.24) is 16.0 Å². The molecule has 56 heavy (non-hydrogen) atoms. The second-order valence-corrected chi connectivity index (χ2v) is 17.8. The van der Waals surface area contributed by atoms with Crippen molar-refractivity contribution < 1.29 is 4.74 Å². The van der Waals surface area contributed by atoms with Gasteiger partial charge < -0.3 is 4.74 Å². The maximum atomic E-state index is 7.49. The van der Waals surface area contributed by atoms with Gasteiger partial charge in [-0.15, -0.1) is 0 Å². The molecule has 0 saturated carbocycles. The van der Waals surface area contributed by atoms with Crippen LogP contribution in [0.5, 0.6) is 5.75 Å². The molecule has 3 heterocycles. The van der Waals surface area contributed by atoms with Crippen LogP contribution in [0.4, 0.5) is 0 Å². The first-order chi connectivity index (χ1) is 27.7. The first kappa shape index (κ1) is 36.1. The minimum absolute atomic E-state index is 0.0139. The molecule has 7 aliphatic carbocycles. The average molecular weight is 742 g/mol. The van der Waals surface area contributed by atoms with Crippen molar-refractivity contribution in [2.75, 3.05) is 0 Å². The highest BCUT2D eigenvalue weighted by Gasteiger charge is 2.42. The Bertz CT molecular complexity index is 2080. The van der Waals surface area contributed by atoms with E-state index in [9.17, 15) is 0 Å². The van der Waals surface area contributed by atoms with Gasteiger partial charge in [0.25, 0.3) is 0 Å². The van der Waals surface area contributed by atoms with E-state index < -0.39 is 0 Å². The van der Waals surface area contributed by atoms with Gasteiger partial charge in [-0.2, -0.15) is 0 Å². The summed E-state index contributed by atoms with van der Waals surface area (Å²) in [7, 11) is 0. The highest BCUT2D eigenvalue weighted by molar-refractivity contribution is 5.79. The zero-order chi connectivity index (χ0) is 37.4. The molecule has 1 saturated heterocycles. The van der Waals surface area contributed by atoms with E-state index in [1.807, 2.05) is 0 Å². The first-order valence-corrected chi connectivity index (χ1v) is 22.0. The molecule has 0 aromatic heterocycles. The second-order valence-electron chi connectivity index (χ2n) is 17.8. The van der Waals surface area contributed by atoms with Gasteiger partial charge in [0.2, 0.25) is 0 Å². The van der Waals surface area contributed by atoms with E-state index in [1.54, 1.807) is 0 Å². The van der Waals surface area contributed by atoms with E-state index in [4.69, 9.17) is 4.74 Å². The quantitative estimate of drug-likeness (QED) is 0.270. The van der Waals surface area contributed by atoms with Crippen LogP contribution in [0.2, 0.25) is 0 Å². The van der Waals surface area contributed by atoms with E-state index in [-0.39, 0.29) is 24.4 Å². The number of nitrogens with one attached hydrogen (secondary N) is 3. The zero-order valence-electron chi connectivity index (χ0n) is 33.1. The number of hydrogen-bond donors (Lipinski definition) is 3. The fourth-order valence-corrected chi connectivity index (χ4v) is 11.2. The molecule has 4 nitrogen and oxygen atoms in total. The minimum Gasteiger partial charge on any atom is -0.456 e. The number of fused-ring (bicyclic) bond motifs is 1. The fraction of sp³-hybridized carbons (Fsp3) is 0.423. The summed E-state index contributed by atoms with van der Waals surface area (Å²) in [4.78, 5) is 0. The number of rotatable bonds is 3. The van der Waals surface area contributed by atoms with Crippen LogP contribution < -0.4 is 20.7 Å². The Labute approximate surface area is 335 Å². The SMILES string of the molecule is CC1CC=C[C@H](C2NC3NC(N2)C2C=CCCC2C2C=CC(=CC2)C2=CCCC=C2Oc2c(cccc2C2C=CC=CC2)C2=C3C=CC(C3=CC=CCC3)C2)C1. The van der Waals surface area contributed by atoms with Crippen molar-refractivity contribution in [1.29, 1.82) is 0 Å². The van der Waals surface area contributed by atoms with Crippen LogP contribution in [-0.4, -0.2) is 18.5 Å². The standard InChI is InChI=1S/C52H59N3O/c1-34-14-12-19-40(32-34)50-53-51-45-22-9-8-20-41(45)37-26-28-38(29-27-37)42-21-10-11-25-48(42)56-49-43(36-17-6-3-7-18-36)23-13-24-44(49)47-33-39(35-15-4-2-5-16-35)30-31-46(47)52(54-50)55-51/h2-4,6-7,9,12-13,15,17,19,21-26,28-31,34,36-37,39-41,45,50-55H,5,8,10-11,14,16,18,20,27,32-33H2,1H3/t34?,36?,37?,39?,40-,41?,45?,50?,51?,52?/m0/s1. The molecule has 11 rings (SSSR count). The Kier molecular flexibility index (Phi) is 10.3. The Morgan fingerprint density at radius 1 is 0.714 bits per heavy atom. The van der Waals surface area contributed by atoms with E-state index in [0.29, 0.717) is 35.5 Å². The van der Waals surface area contributed by atoms with Gasteiger partial charge in [0, 0.05) is 40.4 Å². The summed E-state index contributed by atoms with van der Waals surface area (Å²) >= 11 is 0. The lowest BCUT2D eigenvalue weighted by molar-refractivity contribution is 0.110. The van der Waals surface area contributed by atoms with Crippen molar-refractivity contribution in [2.24, 2.45) is 35.5 Å². The molecule has 3 aliphatic heterocycles. The molecule has 0 spiro atoms. The average Bonchev–Trinajstić information content (AvgIpc) is 3.27. The lowest BCUT2D eigenvalue weighted by Crippen LogP contribution is -2.71. The molecule has 3 N–H and O–H groups in total. The summed E-state index contributed by atoms with van der Waals surface area (Å²) in [6.45, 7) is 2.42. The molecular formula is C52H59N3O. The fourth-order valence-electron chi connectivity index (χ4n) is 11.2. The summed E-state index contributed by atoms with van der Waals surface area (Å²) in [6, 6.07) is 6.98. The molecule has 10 aliphatic rings. The van der Waals surface area contributed by atoms with Crippen LogP contribution in [0, 0.1) is 35.5 Å². The Morgan fingerprint density at radius 2 is 1.66 bits per heavy atom. The summed E-state index contributed by atoms with van der Waals surface area (Å²) in [5.74, 6) is 5.23. The van der Waals surface area contributed by atoms with Crippen LogP contribution in [-0.2, 0) is 0 Å². The number of allylic oxidation sites excluding steroid dienone is 18. The highest BCUT2D eigenvalue weighted by atomic mass is 16.5. The van der Waals surface area contributed by atoms with E-state index in [2.05, 4.69) is 150 Å². The highest BCUT2D eigenvalue weighted by Crippen LogP contribution is 2.47. The van der Waals surface area contributed by atoms with E-state index in [0.717, 1.165) is 62.9 Å². The lowest BCUT2D eigenvalue weighted by atomic mass is 9.70. The van der Waals surface area contributed by atoms with Gasteiger partial charge in [-0.25, -0.2) is 0 Å². The molecule has 1 aromatic carbocycles. The monoisotopic (exact) mass is 741 g/mol. The van der Waals surface area contributed by atoms with Crippen molar-refractivity contribution in [3.8, 4) is 5.75 Å². The van der Waals surface area contributed by atoms with Gasteiger partial charge in [-0.05, 0) is 111 Å². The van der Waals surface area contributed by atoms with Crippen molar-refractivity contribution in [3.63, 3.8) is 0 Å². The third-order valence-corrected chi connectivity index (χ3v) is 14.2. The van der Waals surface area contributed by atoms with Gasteiger partial charge in [0.1, 0.15) is 11.5 Å². The van der Waals surface area contributed by atoms with Crippen LogP contribution in [0.3, 0.4) is 0 Å². The number of hydrogen-bond acceptors (Lipinski definition) is 4. The predicted molar refractivity (Wildman–Crippen MR) is 231 cm³/mol. The van der Waals surface area contributed by atoms with Crippen molar-refractivity contribution in [2.45, 2.75) is 102 Å². The third-order valence-electron chi connectivity index (χ3n) is 14.2. The van der Waals surface area contributed by atoms with Crippen LogP contribution in [0.25, 0.3) is 5.57 Å². The number of para-hydroxylation sites is 1. The lowest BCUT2D eigenvalue weighted by Gasteiger charge is -2.48. The molecule has 10 atom stereocenters. The number of benzene rings is 1. The van der Waals surface area contributed by atoms with Crippen LogP contribution in [0.1, 0.15) is 94.6 Å². The van der Waals surface area contributed by atoms with Crippen molar-refractivity contribution >= 4 is 5.57 Å². The minimum atomic E-state index is -0.0139. The van der Waals surface area contributed by atoms with Crippen molar-refractivity contribution in [3.05, 3.63) is 167 Å². The second kappa shape index (κ2) is 16.0. The van der Waals surface area contributed by atoms with Crippen LogP contribution in [0.15, 0.2) is 156 Å². The van der Waals surface area contributed by atoms with Gasteiger partial charge in [-0.1, -0.05) is 134 Å². The molecule has 9 unspecified atom stereocenters. The Morgan fingerprint density at radius 3 is 2.52 bits per heavy atom. The predicted octanol–water partition coefficient (Wildman–Crippen LogP) is 11.3. The molecule has 288 valence electrons.